The van der Waals surface area contributed by atoms with Gasteiger partial charge in [0.15, 0.2) is 5.78 Å². The lowest BCUT2D eigenvalue weighted by atomic mass is 10.0. The van der Waals surface area contributed by atoms with Crippen molar-refractivity contribution in [2.75, 3.05) is 14.2 Å². The van der Waals surface area contributed by atoms with E-state index < -0.39 is 6.29 Å². The first-order valence-corrected chi connectivity index (χ1v) is 6.96. The summed E-state index contributed by atoms with van der Waals surface area (Å²) in [4.78, 5) is 11.7. The fourth-order valence-corrected chi connectivity index (χ4v) is 2.41. The van der Waals surface area contributed by atoms with Crippen LogP contribution in [0.15, 0.2) is 24.3 Å². The van der Waals surface area contributed by atoms with Crippen LogP contribution in [-0.4, -0.2) is 26.3 Å². The lowest BCUT2D eigenvalue weighted by Gasteiger charge is -2.12. The minimum absolute atomic E-state index is 0.0155. The smallest absolute Gasteiger partial charge is 0.217 e. The van der Waals surface area contributed by atoms with Crippen LogP contribution in [0.25, 0.3) is 0 Å². The fraction of sp³-hybridized carbons (Fsp3) is 0.462. The molecule has 3 nitrogen and oxygen atoms in total. The van der Waals surface area contributed by atoms with Crippen molar-refractivity contribution in [3.63, 3.8) is 0 Å². The topological polar surface area (TPSA) is 35.5 Å². The second kappa shape index (κ2) is 7.79. The van der Waals surface area contributed by atoms with Gasteiger partial charge in [0.05, 0.1) is 0 Å². The predicted molar refractivity (Wildman–Crippen MR) is 75.3 cm³/mol. The summed E-state index contributed by atoms with van der Waals surface area (Å²) in [5.41, 5.74) is 2.51. The van der Waals surface area contributed by atoms with E-state index in [1.807, 2.05) is 12.1 Å². The van der Waals surface area contributed by atoms with Crippen molar-refractivity contribution in [1.29, 1.82) is 0 Å². The van der Waals surface area contributed by atoms with E-state index in [4.69, 9.17) is 9.47 Å². The number of carbonyl (C=O) groups is 1. The average molecular weight is 348 g/mol. The Kier molecular flexibility index (Phi) is 6.69. The summed E-state index contributed by atoms with van der Waals surface area (Å²) < 4.78 is 10.8. The minimum atomic E-state index is -0.734. The Labute approximate surface area is 116 Å². The minimum Gasteiger partial charge on any atom is -0.349 e. The number of carbonyl (C=O) groups excluding carboxylic acids is 1. The van der Waals surface area contributed by atoms with Gasteiger partial charge < -0.3 is 9.47 Å². The molecular formula is C13H17IO3. The number of ether oxygens (including phenoxy) is 2. The number of rotatable bonds is 7. The number of Topliss-reactive ketones (excluding diaryl/α,β-unsaturated/α-hetero) is 1. The maximum atomic E-state index is 11.7. The molecule has 0 aromatic heterocycles. The van der Waals surface area contributed by atoms with Crippen LogP contribution in [0.2, 0.25) is 0 Å². The Morgan fingerprint density at radius 1 is 1.24 bits per heavy atom. The molecule has 0 saturated heterocycles. The first-order chi connectivity index (χ1) is 8.22. The van der Waals surface area contributed by atoms with Gasteiger partial charge in [-0.2, -0.15) is 0 Å². The molecule has 1 aromatic rings. The van der Waals surface area contributed by atoms with Crippen LogP contribution < -0.4 is 0 Å². The zero-order valence-corrected chi connectivity index (χ0v) is 12.3. The average Bonchev–Trinajstić information content (AvgIpc) is 2.38. The SMILES string of the molecule is COC(OC)C(=O)CCc1ccccc1CI. The maximum absolute atomic E-state index is 11.7. The summed E-state index contributed by atoms with van der Waals surface area (Å²) in [5.74, 6) is -0.0155. The highest BCUT2D eigenvalue weighted by atomic mass is 127. The van der Waals surface area contributed by atoms with Crippen molar-refractivity contribution in [2.45, 2.75) is 23.6 Å². The van der Waals surface area contributed by atoms with E-state index in [1.54, 1.807) is 0 Å². The summed E-state index contributed by atoms with van der Waals surface area (Å²) in [5, 5.41) is 0. The molecule has 0 fully saturated rings. The fourth-order valence-electron chi connectivity index (χ4n) is 1.67. The van der Waals surface area contributed by atoms with E-state index in [0.717, 1.165) is 10.8 Å². The number of hydrogen-bond acceptors (Lipinski definition) is 3. The number of ketones is 1. The van der Waals surface area contributed by atoms with Gasteiger partial charge in [-0.15, -0.1) is 0 Å². The summed E-state index contributed by atoms with van der Waals surface area (Å²) in [6.45, 7) is 0. The Morgan fingerprint density at radius 2 is 1.82 bits per heavy atom. The molecule has 0 saturated carbocycles. The molecule has 0 N–H and O–H groups in total. The van der Waals surface area contributed by atoms with Crippen LogP contribution in [0.4, 0.5) is 0 Å². The second-order valence-electron chi connectivity index (χ2n) is 3.67. The molecule has 0 atom stereocenters. The van der Waals surface area contributed by atoms with E-state index in [1.165, 1.54) is 25.3 Å². The molecule has 0 unspecified atom stereocenters. The van der Waals surface area contributed by atoms with Crippen molar-refractivity contribution >= 4 is 28.4 Å². The molecule has 0 radical (unpaired) electrons. The number of alkyl halides is 1. The van der Waals surface area contributed by atoms with Crippen LogP contribution >= 0.6 is 22.6 Å². The van der Waals surface area contributed by atoms with E-state index >= 15 is 0 Å². The van der Waals surface area contributed by atoms with Gasteiger partial charge in [-0.05, 0) is 17.5 Å². The van der Waals surface area contributed by atoms with Gasteiger partial charge in [0.2, 0.25) is 6.29 Å². The molecule has 1 aromatic carbocycles. The lowest BCUT2D eigenvalue weighted by molar-refractivity contribution is -0.156. The third-order valence-corrected chi connectivity index (χ3v) is 3.42. The van der Waals surface area contributed by atoms with Crippen LogP contribution in [-0.2, 0) is 25.1 Å². The molecule has 1 rings (SSSR count). The monoisotopic (exact) mass is 348 g/mol. The molecule has 4 heteroatoms. The molecule has 0 aliphatic carbocycles. The molecule has 0 aliphatic heterocycles. The Morgan fingerprint density at radius 3 is 2.35 bits per heavy atom. The number of halogens is 1. The molecule has 0 spiro atoms. The van der Waals surface area contributed by atoms with Crippen LogP contribution in [0.5, 0.6) is 0 Å². The van der Waals surface area contributed by atoms with Gasteiger partial charge in [0, 0.05) is 25.1 Å². The largest absolute Gasteiger partial charge is 0.349 e. The number of aryl methyl sites for hydroxylation is 1. The number of benzene rings is 1. The van der Waals surface area contributed by atoms with Crippen LogP contribution in [0.1, 0.15) is 17.5 Å². The molecule has 94 valence electrons. The molecule has 0 amide bonds. The normalized spacial score (nSPS) is 10.8. The zero-order valence-electron chi connectivity index (χ0n) is 10.1. The number of methoxy groups -OCH3 is 2. The first kappa shape index (κ1) is 14.6. The van der Waals surface area contributed by atoms with Gasteiger partial charge in [0.1, 0.15) is 0 Å². The highest BCUT2D eigenvalue weighted by molar-refractivity contribution is 14.1. The Hall–Kier alpha value is -0.460. The van der Waals surface area contributed by atoms with Crippen molar-refractivity contribution in [3.8, 4) is 0 Å². The molecule has 0 heterocycles. The highest BCUT2D eigenvalue weighted by Crippen LogP contribution is 2.15. The van der Waals surface area contributed by atoms with E-state index in [-0.39, 0.29) is 5.78 Å². The predicted octanol–water partition coefficient (Wildman–Crippen LogP) is 2.74. The summed E-state index contributed by atoms with van der Waals surface area (Å²) in [6, 6.07) is 8.18. The third-order valence-electron chi connectivity index (χ3n) is 2.59. The van der Waals surface area contributed by atoms with E-state index in [9.17, 15) is 4.79 Å². The maximum Gasteiger partial charge on any atom is 0.217 e. The van der Waals surface area contributed by atoms with Crippen molar-refractivity contribution < 1.29 is 14.3 Å². The lowest BCUT2D eigenvalue weighted by Crippen LogP contribution is -2.25. The van der Waals surface area contributed by atoms with Crippen molar-refractivity contribution in [2.24, 2.45) is 0 Å². The first-order valence-electron chi connectivity index (χ1n) is 5.44. The molecular weight excluding hydrogens is 331 g/mol. The van der Waals surface area contributed by atoms with Gasteiger partial charge in [-0.3, -0.25) is 4.79 Å². The van der Waals surface area contributed by atoms with Gasteiger partial charge >= 0.3 is 0 Å². The summed E-state index contributed by atoms with van der Waals surface area (Å²) >= 11 is 2.33. The quantitative estimate of drug-likeness (QED) is 0.432. The Balaban J connectivity index is 2.58. The van der Waals surface area contributed by atoms with Crippen LogP contribution in [0, 0.1) is 0 Å². The summed E-state index contributed by atoms with van der Waals surface area (Å²) in [6.07, 6.45) is 0.447. The summed E-state index contributed by atoms with van der Waals surface area (Å²) in [7, 11) is 2.95. The molecule has 0 aliphatic rings. The third kappa shape index (κ3) is 4.37. The molecule has 17 heavy (non-hydrogen) atoms. The van der Waals surface area contributed by atoms with E-state index in [2.05, 4.69) is 34.7 Å². The van der Waals surface area contributed by atoms with Gasteiger partial charge in [-0.25, -0.2) is 0 Å². The van der Waals surface area contributed by atoms with Crippen LogP contribution in [0.3, 0.4) is 0 Å². The molecule has 0 bridgehead atoms. The van der Waals surface area contributed by atoms with Gasteiger partial charge in [-0.1, -0.05) is 46.9 Å². The highest BCUT2D eigenvalue weighted by Gasteiger charge is 2.16. The second-order valence-corrected chi connectivity index (χ2v) is 4.43. The standard InChI is InChI=1S/C13H17IO3/c1-16-13(17-2)12(15)8-7-10-5-3-4-6-11(10)9-14/h3-6,13H,7-9H2,1-2H3. The van der Waals surface area contributed by atoms with Crippen molar-refractivity contribution in [1.82, 2.24) is 0 Å². The number of hydrogen-bond donors (Lipinski definition) is 0. The zero-order chi connectivity index (χ0) is 12.7. The Bertz CT molecular complexity index is 361. The van der Waals surface area contributed by atoms with Crippen molar-refractivity contribution in [3.05, 3.63) is 35.4 Å². The van der Waals surface area contributed by atoms with Gasteiger partial charge in [0.25, 0.3) is 0 Å². The van der Waals surface area contributed by atoms with E-state index in [0.29, 0.717) is 6.42 Å².